The number of hydrogen-bond donors (Lipinski definition) is 1. The monoisotopic (exact) mass is 407 g/mol. The second-order valence-electron chi connectivity index (χ2n) is 7.31. The summed E-state index contributed by atoms with van der Waals surface area (Å²) in [5, 5.41) is 5.89. The Morgan fingerprint density at radius 3 is 2.66 bits per heavy atom. The van der Waals surface area contributed by atoms with Crippen molar-refractivity contribution < 1.29 is 4.79 Å². The smallest absolute Gasteiger partial charge is 0.253 e. The topological polar surface area (TPSA) is 71.0 Å². The fraction of sp³-hybridized carbons (Fsp3) is 0.364. The van der Waals surface area contributed by atoms with E-state index in [0.29, 0.717) is 5.56 Å². The van der Waals surface area contributed by atoms with Gasteiger partial charge in [0.15, 0.2) is 0 Å². The average Bonchev–Trinajstić information content (AvgIpc) is 3.10. The van der Waals surface area contributed by atoms with E-state index in [1.54, 1.807) is 18.6 Å². The first kappa shape index (κ1) is 19.5. The lowest BCUT2D eigenvalue weighted by atomic mass is 10.2. The van der Waals surface area contributed by atoms with Gasteiger partial charge in [-0.2, -0.15) is 0 Å². The highest BCUT2D eigenvalue weighted by molar-refractivity contribution is 7.10. The minimum absolute atomic E-state index is 0.134. The molecule has 1 fully saturated rings. The SMILES string of the molecule is CC(NC(=O)c1ccc(N2CCCCCC2)nc1)c1nc(-c2cccnc2)cs1. The van der Waals surface area contributed by atoms with Crippen LogP contribution >= 0.6 is 11.3 Å². The van der Waals surface area contributed by atoms with Crippen LogP contribution in [0.3, 0.4) is 0 Å². The van der Waals surface area contributed by atoms with Gasteiger partial charge in [-0.15, -0.1) is 11.3 Å². The van der Waals surface area contributed by atoms with E-state index in [9.17, 15) is 4.79 Å². The van der Waals surface area contributed by atoms with Crippen LogP contribution in [-0.2, 0) is 0 Å². The number of rotatable bonds is 5. The number of carbonyl (C=O) groups excluding carboxylic acids is 1. The number of pyridine rings is 2. The van der Waals surface area contributed by atoms with Crippen molar-refractivity contribution in [1.82, 2.24) is 20.3 Å². The van der Waals surface area contributed by atoms with Gasteiger partial charge in [-0.3, -0.25) is 9.78 Å². The van der Waals surface area contributed by atoms with Crippen molar-refractivity contribution in [3.63, 3.8) is 0 Å². The highest BCUT2D eigenvalue weighted by Crippen LogP contribution is 2.25. The molecule has 0 aliphatic carbocycles. The van der Waals surface area contributed by atoms with Crippen molar-refractivity contribution in [2.75, 3.05) is 18.0 Å². The first-order chi connectivity index (χ1) is 14.2. The molecule has 1 atom stereocenters. The molecule has 1 saturated heterocycles. The fourth-order valence-corrected chi connectivity index (χ4v) is 4.32. The van der Waals surface area contributed by atoms with Crippen LogP contribution in [-0.4, -0.2) is 33.9 Å². The van der Waals surface area contributed by atoms with E-state index in [4.69, 9.17) is 0 Å². The molecule has 0 aromatic carbocycles. The Bertz CT molecular complexity index is 933. The number of thiazole rings is 1. The molecule has 150 valence electrons. The summed E-state index contributed by atoms with van der Waals surface area (Å²) in [7, 11) is 0. The van der Waals surface area contributed by atoms with Crippen molar-refractivity contribution in [3.8, 4) is 11.3 Å². The molecule has 0 spiro atoms. The van der Waals surface area contributed by atoms with E-state index in [1.165, 1.54) is 37.0 Å². The molecular formula is C22H25N5OS. The van der Waals surface area contributed by atoms with E-state index in [1.807, 2.05) is 36.6 Å². The number of anilines is 1. The van der Waals surface area contributed by atoms with Crippen LogP contribution in [0.5, 0.6) is 0 Å². The van der Waals surface area contributed by atoms with Crippen LogP contribution < -0.4 is 10.2 Å². The third-order valence-electron chi connectivity index (χ3n) is 5.14. The molecule has 1 amide bonds. The maximum Gasteiger partial charge on any atom is 0.253 e. The van der Waals surface area contributed by atoms with Crippen LogP contribution in [0.25, 0.3) is 11.3 Å². The second-order valence-corrected chi connectivity index (χ2v) is 8.20. The van der Waals surface area contributed by atoms with E-state index < -0.39 is 0 Å². The summed E-state index contributed by atoms with van der Waals surface area (Å²) < 4.78 is 0. The zero-order valence-electron chi connectivity index (χ0n) is 16.5. The predicted molar refractivity (Wildman–Crippen MR) is 116 cm³/mol. The third-order valence-corrected chi connectivity index (χ3v) is 6.16. The Balaban J connectivity index is 1.39. The predicted octanol–water partition coefficient (Wildman–Crippen LogP) is 4.47. The lowest BCUT2D eigenvalue weighted by Crippen LogP contribution is -2.27. The normalized spacial score (nSPS) is 15.6. The lowest BCUT2D eigenvalue weighted by molar-refractivity contribution is 0.0939. The van der Waals surface area contributed by atoms with Gasteiger partial charge < -0.3 is 10.2 Å². The number of carbonyl (C=O) groups is 1. The summed E-state index contributed by atoms with van der Waals surface area (Å²) in [4.78, 5) is 28.3. The zero-order valence-corrected chi connectivity index (χ0v) is 17.4. The highest BCUT2D eigenvalue weighted by Gasteiger charge is 2.17. The molecule has 4 rings (SSSR count). The Labute approximate surface area is 175 Å². The Morgan fingerprint density at radius 1 is 1.14 bits per heavy atom. The van der Waals surface area contributed by atoms with Gasteiger partial charge in [0.25, 0.3) is 5.91 Å². The van der Waals surface area contributed by atoms with Crippen molar-refractivity contribution in [3.05, 3.63) is 58.8 Å². The van der Waals surface area contributed by atoms with Gasteiger partial charge in [-0.25, -0.2) is 9.97 Å². The molecule has 0 radical (unpaired) electrons. The largest absolute Gasteiger partial charge is 0.357 e. The first-order valence-electron chi connectivity index (χ1n) is 10.1. The van der Waals surface area contributed by atoms with Gasteiger partial charge in [0.1, 0.15) is 10.8 Å². The summed E-state index contributed by atoms with van der Waals surface area (Å²) in [5.74, 6) is 0.822. The van der Waals surface area contributed by atoms with Crippen LogP contribution in [0.1, 0.15) is 54.0 Å². The molecule has 0 saturated carbocycles. The maximum atomic E-state index is 12.6. The Morgan fingerprint density at radius 2 is 1.97 bits per heavy atom. The molecule has 4 heterocycles. The van der Waals surface area contributed by atoms with Crippen molar-refractivity contribution >= 4 is 23.1 Å². The van der Waals surface area contributed by atoms with Crippen LogP contribution in [0.4, 0.5) is 5.82 Å². The van der Waals surface area contributed by atoms with Crippen molar-refractivity contribution in [2.24, 2.45) is 0 Å². The zero-order chi connectivity index (χ0) is 20.1. The fourth-order valence-electron chi connectivity index (χ4n) is 3.48. The molecule has 3 aromatic heterocycles. The maximum absolute atomic E-state index is 12.6. The molecule has 1 aliphatic heterocycles. The number of nitrogens with one attached hydrogen (secondary N) is 1. The van der Waals surface area contributed by atoms with E-state index in [-0.39, 0.29) is 11.9 Å². The number of nitrogens with zero attached hydrogens (tertiary/aromatic N) is 4. The van der Waals surface area contributed by atoms with E-state index in [2.05, 4.69) is 25.2 Å². The second kappa shape index (κ2) is 9.13. The molecule has 1 unspecified atom stereocenters. The van der Waals surface area contributed by atoms with E-state index in [0.717, 1.165) is 35.2 Å². The first-order valence-corrected chi connectivity index (χ1v) is 11.0. The van der Waals surface area contributed by atoms with Crippen LogP contribution in [0.2, 0.25) is 0 Å². The van der Waals surface area contributed by atoms with Gasteiger partial charge in [-0.1, -0.05) is 12.8 Å². The number of hydrogen-bond acceptors (Lipinski definition) is 6. The van der Waals surface area contributed by atoms with Crippen LogP contribution in [0, 0.1) is 0 Å². The van der Waals surface area contributed by atoms with Crippen molar-refractivity contribution in [2.45, 2.75) is 38.6 Å². The standard InChI is InChI=1S/C22H25N5OS/c1-16(22-26-19(15-29-22)17-7-6-10-23-13-17)25-21(28)18-8-9-20(24-14-18)27-11-4-2-3-5-12-27/h6-10,13-16H,2-5,11-12H2,1H3,(H,25,28). The number of aromatic nitrogens is 3. The Hall–Kier alpha value is -2.80. The van der Waals surface area contributed by atoms with E-state index >= 15 is 0 Å². The molecular weight excluding hydrogens is 382 g/mol. The summed E-state index contributed by atoms with van der Waals surface area (Å²) in [6.45, 7) is 4.03. The summed E-state index contributed by atoms with van der Waals surface area (Å²) in [6, 6.07) is 7.50. The van der Waals surface area contributed by atoms with Gasteiger partial charge in [0.05, 0.1) is 17.3 Å². The quantitative estimate of drug-likeness (QED) is 0.676. The molecule has 7 heteroatoms. The summed E-state index contributed by atoms with van der Waals surface area (Å²) >= 11 is 1.54. The summed E-state index contributed by atoms with van der Waals surface area (Å²) in [6.07, 6.45) is 10.2. The van der Waals surface area contributed by atoms with Gasteiger partial charge >= 0.3 is 0 Å². The van der Waals surface area contributed by atoms with Gasteiger partial charge in [-0.05, 0) is 44.0 Å². The molecule has 1 N–H and O–H groups in total. The minimum atomic E-state index is -0.178. The third kappa shape index (κ3) is 4.79. The Kier molecular flexibility index (Phi) is 6.14. The molecule has 1 aliphatic rings. The van der Waals surface area contributed by atoms with Gasteiger partial charge in [0.2, 0.25) is 0 Å². The lowest BCUT2D eigenvalue weighted by Gasteiger charge is -2.21. The molecule has 3 aromatic rings. The molecule has 6 nitrogen and oxygen atoms in total. The highest BCUT2D eigenvalue weighted by atomic mass is 32.1. The number of amides is 1. The molecule has 29 heavy (non-hydrogen) atoms. The van der Waals surface area contributed by atoms with Gasteiger partial charge in [0, 0.05) is 42.6 Å². The van der Waals surface area contributed by atoms with Crippen molar-refractivity contribution in [1.29, 1.82) is 0 Å². The average molecular weight is 408 g/mol. The minimum Gasteiger partial charge on any atom is -0.357 e. The van der Waals surface area contributed by atoms with Crippen LogP contribution in [0.15, 0.2) is 48.2 Å². The summed E-state index contributed by atoms with van der Waals surface area (Å²) in [5.41, 5.74) is 2.42. The molecule has 0 bridgehead atoms.